The first-order valence-electron chi connectivity index (χ1n) is 6.47. The molecule has 0 saturated carbocycles. The fourth-order valence-electron chi connectivity index (χ4n) is 1.94. The Morgan fingerprint density at radius 1 is 1.41 bits per heavy atom. The van der Waals surface area contributed by atoms with Crippen LogP contribution in [0.3, 0.4) is 0 Å². The molecule has 1 rings (SSSR count). The van der Waals surface area contributed by atoms with Gasteiger partial charge < -0.3 is 10.4 Å². The van der Waals surface area contributed by atoms with Gasteiger partial charge in [-0.1, -0.05) is 13.8 Å². The Kier molecular flexibility index (Phi) is 5.65. The van der Waals surface area contributed by atoms with Crippen molar-refractivity contribution in [2.45, 2.75) is 52.7 Å². The molecular weight excluding hydrogens is 214 g/mol. The van der Waals surface area contributed by atoms with E-state index in [0.717, 1.165) is 13.0 Å². The molecule has 4 heteroatoms. The molecule has 0 saturated heterocycles. The molecule has 0 radical (unpaired) electrons. The van der Waals surface area contributed by atoms with E-state index in [1.54, 1.807) is 0 Å². The van der Waals surface area contributed by atoms with Crippen molar-refractivity contribution < 1.29 is 5.11 Å². The molecule has 4 nitrogen and oxygen atoms in total. The molecule has 0 fully saturated rings. The molecule has 0 bridgehead atoms. The van der Waals surface area contributed by atoms with Crippen LogP contribution >= 0.6 is 0 Å². The first kappa shape index (κ1) is 14.2. The second-order valence-electron chi connectivity index (χ2n) is 4.88. The van der Waals surface area contributed by atoms with E-state index < -0.39 is 0 Å². The van der Waals surface area contributed by atoms with Gasteiger partial charge in [-0.15, -0.1) is 0 Å². The molecule has 2 atom stereocenters. The number of aliphatic hydroxyl groups is 1. The van der Waals surface area contributed by atoms with Crippen molar-refractivity contribution in [2.75, 3.05) is 6.61 Å². The number of rotatable bonds is 7. The molecular formula is C13H25N3O. The van der Waals surface area contributed by atoms with Crippen molar-refractivity contribution in [2.24, 2.45) is 5.92 Å². The number of hydrogen-bond acceptors (Lipinski definition) is 3. The molecule has 0 aliphatic carbocycles. The van der Waals surface area contributed by atoms with Crippen LogP contribution in [0.15, 0.2) is 12.4 Å². The van der Waals surface area contributed by atoms with Crippen molar-refractivity contribution in [1.82, 2.24) is 15.1 Å². The summed E-state index contributed by atoms with van der Waals surface area (Å²) < 4.78 is 1.93. The summed E-state index contributed by atoms with van der Waals surface area (Å²) in [6, 6.07) is 0.620. The number of nitrogens with zero attached hydrogens (tertiary/aromatic N) is 2. The molecule has 98 valence electrons. The lowest BCUT2D eigenvalue weighted by Crippen LogP contribution is -2.36. The van der Waals surface area contributed by atoms with Crippen LogP contribution in [0.5, 0.6) is 0 Å². The highest BCUT2D eigenvalue weighted by Gasteiger charge is 2.17. The first-order chi connectivity index (χ1) is 8.08. The zero-order valence-corrected chi connectivity index (χ0v) is 11.3. The highest BCUT2D eigenvalue weighted by molar-refractivity contribution is 5.09. The largest absolute Gasteiger partial charge is 0.396 e. The number of aromatic nitrogens is 2. The second kappa shape index (κ2) is 6.77. The summed E-state index contributed by atoms with van der Waals surface area (Å²) in [5.74, 6) is 0.519. The number of aliphatic hydroxyl groups excluding tert-OH is 1. The summed E-state index contributed by atoms with van der Waals surface area (Å²) in [5, 5.41) is 16.9. The number of hydrogen-bond donors (Lipinski definition) is 2. The predicted molar refractivity (Wildman–Crippen MR) is 69.8 cm³/mol. The minimum absolute atomic E-state index is 0.233. The Bertz CT molecular complexity index is 322. The quantitative estimate of drug-likeness (QED) is 0.764. The standard InChI is InChI=1S/C13H25N3O/c1-5-16-9-12(8-14-16)11(4)15-13(6-7-17)10(2)3/h8-11,13,15,17H,5-7H2,1-4H3. The van der Waals surface area contributed by atoms with E-state index in [1.807, 2.05) is 10.9 Å². The van der Waals surface area contributed by atoms with Gasteiger partial charge in [0.15, 0.2) is 0 Å². The van der Waals surface area contributed by atoms with Gasteiger partial charge in [0.05, 0.1) is 6.20 Å². The Morgan fingerprint density at radius 3 is 2.59 bits per heavy atom. The molecule has 2 N–H and O–H groups in total. The average Bonchev–Trinajstić information content (AvgIpc) is 2.76. The lowest BCUT2D eigenvalue weighted by Gasteiger charge is -2.25. The van der Waals surface area contributed by atoms with E-state index in [1.165, 1.54) is 5.56 Å². The van der Waals surface area contributed by atoms with Crippen molar-refractivity contribution >= 4 is 0 Å². The van der Waals surface area contributed by atoms with Crippen molar-refractivity contribution in [3.8, 4) is 0 Å². The van der Waals surface area contributed by atoms with Crippen LogP contribution in [0.2, 0.25) is 0 Å². The maximum atomic E-state index is 9.05. The Labute approximate surface area is 104 Å². The molecule has 0 amide bonds. The molecule has 1 aromatic heterocycles. The van der Waals surface area contributed by atoms with Gasteiger partial charge in [0, 0.05) is 37.0 Å². The zero-order valence-electron chi connectivity index (χ0n) is 11.3. The first-order valence-corrected chi connectivity index (χ1v) is 6.47. The molecule has 2 unspecified atom stereocenters. The van der Waals surface area contributed by atoms with Crippen molar-refractivity contribution in [1.29, 1.82) is 0 Å². The number of nitrogens with one attached hydrogen (secondary N) is 1. The summed E-state index contributed by atoms with van der Waals surface area (Å²) in [6.45, 7) is 9.71. The highest BCUT2D eigenvalue weighted by Crippen LogP contribution is 2.15. The van der Waals surface area contributed by atoms with Crippen LogP contribution in [-0.4, -0.2) is 27.5 Å². The summed E-state index contributed by atoms with van der Waals surface area (Å²) in [7, 11) is 0. The van der Waals surface area contributed by atoms with Gasteiger partial charge in [-0.25, -0.2) is 0 Å². The normalized spacial score (nSPS) is 15.2. The second-order valence-corrected chi connectivity index (χ2v) is 4.88. The van der Waals surface area contributed by atoms with Gasteiger partial charge in [0.25, 0.3) is 0 Å². The van der Waals surface area contributed by atoms with Gasteiger partial charge in [-0.05, 0) is 26.2 Å². The minimum Gasteiger partial charge on any atom is -0.396 e. The van der Waals surface area contributed by atoms with E-state index >= 15 is 0 Å². The topological polar surface area (TPSA) is 50.1 Å². The third-order valence-corrected chi connectivity index (χ3v) is 3.19. The molecule has 0 aliphatic rings. The molecule has 0 aromatic carbocycles. The van der Waals surface area contributed by atoms with E-state index in [2.05, 4.69) is 44.3 Å². The summed E-state index contributed by atoms with van der Waals surface area (Å²) in [6.07, 6.45) is 4.79. The fourth-order valence-corrected chi connectivity index (χ4v) is 1.94. The zero-order chi connectivity index (χ0) is 12.8. The predicted octanol–water partition coefficient (Wildman–Crippen LogP) is 1.96. The Morgan fingerprint density at radius 2 is 2.12 bits per heavy atom. The SMILES string of the molecule is CCn1cc(C(C)NC(CCO)C(C)C)cn1. The van der Waals surface area contributed by atoms with Gasteiger partial charge in [-0.2, -0.15) is 5.10 Å². The lowest BCUT2D eigenvalue weighted by molar-refractivity contribution is 0.237. The van der Waals surface area contributed by atoms with Crippen LogP contribution in [0, 0.1) is 5.92 Å². The average molecular weight is 239 g/mol. The van der Waals surface area contributed by atoms with Gasteiger partial charge in [0.2, 0.25) is 0 Å². The van der Waals surface area contributed by atoms with Gasteiger partial charge in [0.1, 0.15) is 0 Å². The van der Waals surface area contributed by atoms with Crippen LogP contribution in [-0.2, 0) is 6.54 Å². The minimum atomic E-state index is 0.233. The van der Waals surface area contributed by atoms with Gasteiger partial charge >= 0.3 is 0 Å². The lowest BCUT2D eigenvalue weighted by atomic mass is 9.99. The molecule has 1 aromatic rings. The van der Waals surface area contributed by atoms with Crippen LogP contribution in [0.1, 0.15) is 45.7 Å². The highest BCUT2D eigenvalue weighted by atomic mass is 16.3. The van der Waals surface area contributed by atoms with E-state index in [9.17, 15) is 0 Å². The van der Waals surface area contributed by atoms with Crippen LogP contribution < -0.4 is 5.32 Å². The number of aryl methyl sites for hydroxylation is 1. The molecule has 17 heavy (non-hydrogen) atoms. The maximum Gasteiger partial charge on any atom is 0.0537 e. The van der Waals surface area contributed by atoms with Crippen molar-refractivity contribution in [3.63, 3.8) is 0 Å². The molecule has 0 aliphatic heterocycles. The van der Waals surface area contributed by atoms with Crippen molar-refractivity contribution in [3.05, 3.63) is 18.0 Å². The molecule has 0 spiro atoms. The summed E-state index contributed by atoms with van der Waals surface area (Å²) in [5.41, 5.74) is 1.20. The smallest absolute Gasteiger partial charge is 0.0537 e. The monoisotopic (exact) mass is 239 g/mol. The van der Waals surface area contributed by atoms with E-state index in [0.29, 0.717) is 12.0 Å². The van der Waals surface area contributed by atoms with Crippen LogP contribution in [0.4, 0.5) is 0 Å². The summed E-state index contributed by atoms with van der Waals surface area (Å²) >= 11 is 0. The van der Waals surface area contributed by atoms with Crippen LogP contribution in [0.25, 0.3) is 0 Å². The third kappa shape index (κ3) is 4.13. The van der Waals surface area contributed by atoms with Gasteiger partial charge in [-0.3, -0.25) is 4.68 Å². The van der Waals surface area contributed by atoms with E-state index in [4.69, 9.17) is 5.11 Å². The fraction of sp³-hybridized carbons (Fsp3) is 0.769. The van der Waals surface area contributed by atoms with E-state index in [-0.39, 0.29) is 12.6 Å². The summed E-state index contributed by atoms with van der Waals surface area (Å²) in [4.78, 5) is 0. The Balaban J connectivity index is 2.59. The molecule has 1 heterocycles. The maximum absolute atomic E-state index is 9.05. The third-order valence-electron chi connectivity index (χ3n) is 3.19. The Hall–Kier alpha value is -0.870.